The number of nitrogens with one attached hydrogen (secondary N) is 2. The number of hydrogen-bond donors (Lipinski definition) is 3. The van der Waals surface area contributed by atoms with Crippen molar-refractivity contribution in [1.82, 2.24) is 15.5 Å². The van der Waals surface area contributed by atoms with Crippen LogP contribution in [-0.2, 0) is 0 Å². The maximum absolute atomic E-state index is 12.6. The first kappa shape index (κ1) is 19.3. The lowest BCUT2D eigenvalue weighted by Crippen LogP contribution is -2.49. The van der Waals surface area contributed by atoms with E-state index in [9.17, 15) is 4.79 Å². The number of halogens is 1. The number of nitrogens with zero attached hydrogens (tertiary/aromatic N) is 1. The number of hydrogen-bond acceptors (Lipinski definition) is 5. The molecule has 1 unspecified atom stereocenters. The Hall–Kier alpha value is -1.50. The quantitative estimate of drug-likeness (QED) is 0.683. The second-order valence-corrected chi connectivity index (χ2v) is 7.68. The van der Waals surface area contributed by atoms with E-state index in [0.717, 1.165) is 39.0 Å². The number of piperidine rings is 2. The second kappa shape index (κ2) is 8.93. The summed E-state index contributed by atoms with van der Waals surface area (Å²) >= 11 is 6.07. The van der Waals surface area contributed by atoms with Gasteiger partial charge in [-0.1, -0.05) is 18.0 Å². The van der Waals surface area contributed by atoms with E-state index in [1.165, 1.54) is 26.4 Å². The Kier molecular flexibility index (Phi) is 6.62. The molecule has 2 aliphatic rings. The molecule has 1 aromatic rings. The highest BCUT2D eigenvalue weighted by molar-refractivity contribution is 6.33. The summed E-state index contributed by atoms with van der Waals surface area (Å²) < 4.78 is 5.28. The Morgan fingerprint density at radius 2 is 2.12 bits per heavy atom. The van der Waals surface area contributed by atoms with Crippen molar-refractivity contribution in [3.63, 3.8) is 0 Å². The summed E-state index contributed by atoms with van der Waals surface area (Å²) in [6.07, 6.45) is 5.82. The molecule has 3 rings (SSSR count). The zero-order valence-electron chi connectivity index (χ0n) is 15.4. The van der Waals surface area contributed by atoms with E-state index in [1.807, 2.05) is 0 Å². The van der Waals surface area contributed by atoms with E-state index in [-0.39, 0.29) is 11.9 Å². The third kappa shape index (κ3) is 4.81. The van der Waals surface area contributed by atoms with E-state index >= 15 is 0 Å². The van der Waals surface area contributed by atoms with Gasteiger partial charge in [-0.3, -0.25) is 4.79 Å². The SMILES string of the molecule is COc1cc(N)c(Cl)cc1C(=O)NC1CCN(CC2CCCCN2)CC1. The van der Waals surface area contributed by atoms with Crippen LogP contribution in [0.25, 0.3) is 0 Å². The summed E-state index contributed by atoms with van der Waals surface area (Å²) in [4.78, 5) is 15.1. The van der Waals surface area contributed by atoms with Crippen LogP contribution >= 0.6 is 11.6 Å². The molecule has 2 heterocycles. The normalized spacial score (nSPS) is 22.2. The molecule has 1 aromatic carbocycles. The minimum absolute atomic E-state index is 0.156. The summed E-state index contributed by atoms with van der Waals surface area (Å²) in [5.41, 5.74) is 6.63. The molecule has 2 aliphatic heterocycles. The lowest BCUT2D eigenvalue weighted by atomic mass is 10.0. The number of ether oxygens (including phenoxy) is 1. The molecule has 0 aromatic heterocycles. The molecular formula is C19H29ClN4O2. The highest BCUT2D eigenvalue weighted by atomic mass is 35.5. The molecule has 0 bridgehead atoms. The summed E-state index contributed by atoms with van der Waals surface area (Å²) in [5, 5.41) is 7.09. The van der Waals surface area contributed by atoms with E-state index < -0.39 is 0 Å². The Labute approximate surface area is 160 Å². The standard InChI is InChI=1S/C19H29ClN4O2/c1-26-18-11-17(21)16(20)10-15(18)19(25)23-13-5-8-24(9-6-13)12-14-4-2-3-7-22-14/h10-11,13-14,22H,2-9,12,21H2,1H3,(H,23,25). The maximum atomic E-state index is 12.6. The number of likely N-dealkylation sites (tertiary alicyclic amines) is 1. The Balaban J connectivity index is 1.51. The van der Waals surface area contributed by atoms with E-state index in [0.29, 0.717) is 28.1 Å². The molecule has 1 atom stereocenters. The van der Waals surface area contributed by atoms with Gasteiger partial charge in [0.1, 0.15) is 5.75 Å². The predicted octanol–water partition coefficient (Wildman–Crippen LogP) is 2.27. The van der Waals surface area contributed by atoms with Crippen LogP contribution in [0.2, 0.25) is 5.02 Å². The molecule has 1 amide bonds. The number of nitrogens with two attached hydrogens (primary N) is 1. The minimum atomic E-state index is -0.156. The van der Waals surface area contributed by atoms with Gasteiger partial charge in [-0.15, -0.1) is 0 Å². The van der Waals surface area contributed by atoms with Crippen molar-refractivity contribution in [1.29, 1.82) is 0 Å². The third-order valence-corrected chi connectivity index (χ3v) is 5.70. The van der Waals surface area contributed by atoms with Gasteiger partial charge in [-0.25, -0.2) is 0 Å². The molecule has 0 radical (unpaired) electrons. The molecule has 0 saturated carbocycles. The first-order valence-electron chi connectivity index (χ1n) is 9.46. The molecule has 0 aliphatic carbocycles. The average molecular weight is 381 g/mol. The van der Waals surface area contributed by atoms with Crippen LogP contribution in [0, 0.1) is 0 Å². The third-order valence-electron chi connectivity index (χ3n) is 5.38. The van der Waals surface area contributed by atoms with E-state index in [4.69, 9.17) is 22.1 Å². The first-order valence-corrected chi connectivity index (χ1v) is 9.84. The fourth-order valence-electron chi connectivity index (χ4n) is 3.83. The van der Waals surface area contributed by atoms with Gasteiger partial charge in [0.05, 0.1) is 23.4 Å². The number of anilines is 1. The molecule has 7 heteroatoms. The van der Waals surface area contributed by atoms with Crippen LogP contribution in [0.15, 0.2) is 12.1 Å². The zero-order valence-corrected chi connectivity index (χ0v) is 16.1. The average Bonchev–Trinajstić information content (AvgIpc) is 2.66. The van der Waals surface area contributed by atoms with Gasteiger partial charge in [0.2, 0.25) is 0 Å². The monoisotopic (exact) mass is 380 g/mol. The van der Waals surface area contributed by atoms with Crippen molar-refractivity contribution in [2.24, 2.45) is 0 Å². The summed E-state index contributed by atoms with van der Waals surface area (Å²) in [7, 11) is 1.53. The lowest BCUT2D eigenvalue weighted by Gasteiger charge is -2.36. The highest BCUT2D eigenvalue weighted by Gasteiger charge is 2.25. The van der Waals surface area contributed by atoms with E-state index in [2.05, 4.69) is 15.5 Å². The van der Waals surface area contributed by atoms with Gasteiger partial charge in [0.25, 0.3) is 5.91 Å². The minimum Gasteiger partial charge on any atom is -0.496 e. The van der Waals surface area contributed by atoms with Crippen molar-refractivity contribution in [2.45, 2.75) is 44.2 Å². The number of amides is 1. The van der Waals surface area contributed by atoms with Gasteiger partial charge in [-0.05, 0) is 38.3 Å². The second-order valence-electron chi connectivity index (χ2n) is 7.27. The number of carbonyl (C=O) groups is 1. The topological polar surface area (TPSA) is 79.6 Å². The van der Waals surface area contributed by atoms with Crippen LogP contribution < -0.4 is 21.1 Å². The molecule has 2 fully saturated rings. The largest absolute Gasteiger partial charge is 0.496 e. The van der Waals surface area contributed by atoms with Crippen LogP contribution in [0.5, 0.6) is 5.75 Å². The Morgan fingerprint density at radius 1 is 1.35 bits per heavy atom. The van der Waals surface area contributed by atoms with Crippen LogP contribution in [0.4, 0.5) is 5.69 Å². The van der Waals surface area contributed by atoms with Gasteiger partial charge in [-0.2, -0.15) is 0 Å². The van der Waals surface area contributed by atoms with Crippen LogP contribution in [-0.4, -0.2) is 56.2 Å². The van der Waals surface area contributed by atoms with Gasteiger partial charge in [0.15, 0.2) is 0 Å². The Bertz CT molecular complexity index is 626. The Morgan fingerprint density at radius 3 is 2.77 bits per heavy atom. The molecular weight excluding hydrogens is 352 g/mol. The van der Waals surface area contributed by atoms with Crippen molar-refractivity contribution < 1.29 is 9.53 Å². The van der Waals surface area contributed by atoms with Crippen LogP contribution in [0.1, 0.15) is 42.5 Å². The van der Waals surface area contributed by atoms with Crippen molar-refractivity contribution in [3.05, 3.63) is 22.7 Å². The first-order chi connectivity index (χ1) is 12.6. The molecule has 144 valence electrons. The summed E-state index contributed by atoms with van der Waals surface area (Å²) in [5.74, 6) is 0.293. The fourth-order valence-corrected chi connectivity index (χ4v) is 3.99. The molecule has 2 saturated heterocycles. The molecule has 4 N–H and O–H groups in total. The summed E-state index contributed by atoms with van der Waals surface area (Å²) in [6, 6.07) is 3.97. The highest BCUT2D eigenvalue weighted by Crippen LogP contribution is 2.29. The predicted molar refractivity (Wildman–Crippen MR) is 105 cm³/mol. The number of rotatable bonds is 5. The number of methoxy groups -OCH3 is 1. The van der Waals surface area contributed by atoms with Gasteiger partial charge in [0, 0.05) is 37.8 Å². The van der Waals surface area contributed by atoms with Gasteiger partial charge < -0.3 is 26.0 Å². The fraction of sp³-hybridized carbons (Fsp3) is 0.632. The summed E-state index contributed by atoms with van der Waals surface area (Å²) in [6.45, 7) is 4.29. The van der Waals surface area contributed by atoms with Gasteiger partial charge >= 0.3 is 0 Å². The molecule has 0 spiro atoms. The number of carbonyl (C=O) groups excluding carboxylic acids is 1. The van der Waals surface area contributed by atoms with Crippen LogP contribution in [0.3, 0.4) is 0 Å². The number of nitrogen functional groups attached to an aromatic ring is 1. The lowest BCUT2D eigenvalue weighted by molar-refractivity contribution is 0.0903. The zero-order chi connectivity index (χ0) is 18.5. The smallest absolute Gasteiger partial charge is 0.255 e. The van der Waals surface area contributed by atoms with Crippen molar-refractivity contribution in [3.8, 4) is 5.75 Å². The van der Waals surface area contributed by atoms with Crippen molar-refractivity contribution >= 4 is 23.2 Å². The molecule has 26 heavy (non-hydrogen) atoms. The molecule has 6 nitrogen and oxygen atoms in total. The number of benzene rings is 1. The van der Waals surface area contributed by atoms with Crippen molar-refractivity contribution in [2.75, 3.05) is 39.0 Å². The van der Waals surface area contributed by atoms with E-state index in [1.54, 1.807) is 12.1 Å². The maximum Gasteiger partial charge on any atom is 0.255 e.